The van der Waals surface area contributed by atoms with Crippen molar-refractivity contribution in [1.29, 1.82) is 0 Å². The molecule has 2 aromatic rings. The van der Waals surface area contributed by atoms with Gasteiger partial charge < -0.3 is 10.2 Å². The second-order valence-electron chi connectivity index (χ2n) is 6.22. The van der Waals surface area contributed by atoms with E-state index in [1.807, 2.05) is 6.07 Å². The lowest BCUT2D eigenvalue weighted by atomic mass is 10.0. The van der Waals surface area contributed by atoms with Crippen LogP contribution in [0.2, 0.25) is 0 Å². The average molecular weight is 304 g/mol. The Kier molecular flexibility index (Phi) is 2.90. The van der Waals surface area contributed by atoms with Crippen LogP contribution in [0.4, 0.5) is 5.82 Å². The van der Waals surface area contributed by atoms with Crippen molar-refractivity contribution < 1.29 is 14.7 Å². The Morgan fingerprint density at radius 3 is 3.10 bits per heavy atom. The lowest BCUT2D eigenvalue weighted by Crippen LogP contribution is -3.08. The van der Waals surface area contributed by atoms with Crippen molar-refractivity contribution >= 4 is 33.3 Å². The van der Waals surface area contributed by atoms with Gasteiger partial charge in [-0.1, -0.05) is 11.3 Å². The number of amides is 1. The largest absolute Gasteiger partial charge is 0.349 e. The molecule has 2 aliphatic rings. The maximum Gasteiger partial charge on any atom is 0.284 e. The van der Waals surface area contributed by atoms with Crippen LogP contribution in [0.15, 0.2) is 6.07 Å². The number of quaternary nitrogens is 1. The minimum absolute atomic E-state index is 0.0494. The number of aromatic nitrogens is 1. The predicted molar refractivity (Wildman–Crippen MR) is 82.4 cm³/mol. The number of rotatable bonds is 2. The number of carbonyl (C=O) groups is 1. The number of pyridine rings is 1. The molecule has 0 spiro atoms. The van der Waals surface area contributed by atoms with Crippen LogP contribution in [-0.2, 0) is 13.0 Å². The molecule has 1 aliphatic heterocycles. The van der Waals surface area contributed by atoms with E-state index in [2.05, 4.69) is 17.3 Å². The van der Waals surface area contributed by atoms with Crippen LogP contribution in [0.3, 0.4) is 0 Å². The molecule has 6 heteroatoms. The highest BCUT2D eigenvalue weighted by Crippen LogP contribution is 2.31. The van der Waals surface area contributed by atoms with Gasteiger partial charge in [0.1, 0.15) is 12.1 Å². The number of nitrogen functional groups attached to an aromatic ring is 1. The topological polar surface area (TPSA) is 73.7 Å². The third-order valence-corrected chi connectivity index (χ3v) is 5.54. The van der Waals surface area contributed by atoms with Crippen molar-refractivity contribution in [2.45, 2.75) is 31.8 Å². The molecular weight excluding hydrogens is 284 g/mol. The summed E-state index contributed by atoms with van der Waals surface area (Å²) >= 11 is 1.78. The first-order valence-electron chi connectivity index (χ1n) is 7.50. The van der Waals surface area contributed by atoms with E-state index in [1.54, 1.807) is 11.3 Å². The summed E-state index contributed by atoms with van der Waals surface area (Å²) in [6.07, 6.45) is 3.24. The molecule has 1 fully saturated rings. The highest BCUT2D eigenvalue weighted by Gasteiger charge is 2.28. The van der Waals surface area contributed by atoms with Gasteiger partial charge >= 0.3 is 0 Å². The summed E-state index contributed by atoms with van der Waals surface area (Å²) in [7, 11) is 2.22. The van der Waals surface area contributed by atoms with Gasteiger partial charge in [0.25, 0.3) is 11.7 Å². The van der Waals surface area contributed by atoms with Gasteiger partial charge in [-0.15, -0.1) is 0 Å². The van der Waals surface area contributed by atoms with Gasteiger partial charge in [0.2, 0.25) is 0 Å². The number of H-pyrrole nitrogens is 1. The van der Waals surface area contributed by atoms with E-state index < -0.39 is 0 Å². The van der Waals surface area contributed by atoms with E-state index in [-0.39, 0.29) is 5.91 Å². The average Bonchev–Trinajstić information content (AvgIpc) is 3.17. The summed E-state index contributed by atoms with van der Waals surface area (Å²) in [5, 5.41) is 4.19. The minimum Gasteiger partial charge on any atom is -0.349 e. The van der Waals surface area contributed by atoms with E-state index in [4.69, 9.17) is 5.73 Å². The summed E-state index contributed by atoms with van der Waals surface area (Å²) in [5.74, 6) is 0.423. The van der Waals surface area contributed by atoms with E-state index in [0.717, 1.165) is 37.2 Å². The van der Waals surface area contributed by atoms with E-state index >= 15 is 0 Å². The fraction of sp³-hybridized carbons (Fsp3) is 0.467. The smallest absolute Gasteiger partial charge is 0.284 e. The lowest BCUT2D eigenvalue weighted by Gasteiger charge is -2.19. The molecule has 4 rings (SSSR count). The van der Waals surface area contributed by atoms with Gasteiger partial charge in [-0.25, -0.2) is 4.98 Å². The first kappa shape index (κ1) is 13.0. The Morgan fingerprint density at radius 1 is 1.52 bits per heavy atom. The molecule has 1 aliphatic carbocycles. The SMILES string of the molecule is C[NH+]1CCc2c(sc3[nH+]c(N)c(C(=O)NC4CC4)cc23)C1. The number of likely N-dealkylation sites (N-methyl/N-ethyl adjacent to an activating group) is 1. The zero-order chi connectivity index (χ0) is 14.6. The van der Waals surface area contributed by atoms with Gasteiger partial charge in [0, 0.05) is 17.8 Å². The predicted octanol–water partition coefficient (Wildman–Crippen LogP) is -0.239. The zero-order valence-corrected chi connectivity index (χ0v) is 12.9. The minimum atomic E-state index is -0.0494. The number of fused-ring (bicyclic) bond motifs is 3. The van der Waals surface area contributed by atoms with E-state index in [1.165, 1.54) is 20.7 Å². The number of nitrogens with two attached hydrogens (primary N) is 1. The fourth-order valence-corrected chi connectivity index (χ4v) is 4.33. The highest BCUT2D eigenvalue weighted by atomic mass is 32.1. The standard InChI is InChI=1S/C15H18N4OS/c1-19-5-4-9-10-6-11(14(20)17-8-2-3-8)13(16)18-15(10)21-12(9)7-19/h6,8H,2-5,7H2,1H3,(H2,16,18)(H,17,20)/p+2. The Balaban J connectivity index is 1.78. The van der Waals surface area contributed by atoms with Crippen molar-refractivity contribution in [2.75, 3.05) is 19.3 Å². The van der Waals surface area contributed by atoms with Crippen LogP contribution in [0.5, 0.6) is 0 Å². The highest BCUT2D eigenvalue weighted by molar-refractivity contribution is 7.18. The van der Waals surface area contributed by atoms with Gasteiger partial charge in [-0.2, -0.15) is 0 Å². The van der Waals surface area contributed by atoms with Crippen molar-refractivity contribution in [1.82, 2.24) is 5.32 Å². The third kappa shape index (κ3) is 2.28. The molecule has 5 nitrogen and oxygen atoms in total. The molecule has 3 heterocycles. The molecule has 1 atom stereocenters. The molecule has 110 valence electrons. The first-order chi connectivity index (χ1) is 10.1. The quantitative estimate of drug-likeness (QED) is 0.716. The summed E-state index contributed by atoms with van der Waals surface area (Å²) in [6, 6.07) is 2.33. The molecule has 21 heavy (non-hydrogen) atoms. The van der Waals surface area contributed by atoms with E-state index in [9.17, 15) is 4.79 Å². The molecule has 0 saturated heterocycles. The number of thiophene rings is 1. The fourth-order valence-electron chi connectivity index (χ4n) is 2.98. The van der Waals surface area contributed by atoms with Crippen molar-refractivity contribution in [2.24, 2.45) is 0 Å². The van der Waals surface area contributed by atoms with Gasteiger partial charge in [0.15, 0.2) is 4.83 Å². The summed E-state index contributed by atoms with van der Waals surface area (Å²) < 4.78 is 0. The van der Waals surface area contributed by atoms with Gasteiger partial charge in [0.05, 0.1) is 18.5 Å². The van der Waals surface area contributed by atoms with Crippen LogP contribution in [0, 0.1) is 0 Å². The van der Waals surface area contributed by atoms with Crippen molar-refractivity contribution in [3.8, 4) is 0 Å². The molecule has 0 aromatic carbocycles. The van der Waals surface area contributed by atoms with E-state index in [0.29, 0.717) is 17.4 Å². The number of anilines is 1. The third-order valence-electron chi connectivity index (χ3n) is 4.38. The monoisotopic (exact) mass is 304 g/mol. The molecule has 2 aromatic heterocycles. The lowest BCUT2D eigenvalue weighted by molar-refractivity contribution is -0.895. The molecule has 1 amide bonds. The van der Waals surface area contributed by atoms with Crippen LogP contribution >= 0.6 is 11.3 Å². The molecule has 1 saturated carbocycles. The number of hydrogen-bond acceptors (Lipinski definition) is 3. The first-order valence-corrected chi connectivity index (χ1v) is 8.31. The van der Waals surface area contributed by atoms with Crippen molar-refractivity contribution in [3.05, 3.63) is 22.1 Å². The summed E-state index contributed by atoms with van der Waals surface area (Å²) in [5.41, 5.74) is 8.04. The second kappa shape index (κ2) is 4.68. The Morgan fingerprint density at radius 2 is 2.33 bits per heavy atom. The summed E-state index contributed by atoms with van der Waals surface area (Å²) in [4.78, 5) is 19.6. The number of aromatic amines is 1. The Bertz CT molecular complexity index is 735. The Labute approximate surface area is 127 Å². The van der Waals surface area contributed by atoms with Crippen LogP contribution in [0.1, 0.15) is 33.6 Å². The normalized spacial score (nSPS) is 21.3. The number of carbonyl (C=O) groups excluding carboxylic acids is 1. The molecule has 0 radical (unpaired) electrons. The molecule has 5 N–H and O–H groups in total. The van der Waals surface area contributed by atoms with Crippen LogP contribution in [-0.4, -0.2) is 25.5 Å². The van der Waals surface area contributed by atoms with Crippen LogP contribution < -0.4 is 20.9 Å². The zero-order valence-electron chi connectivity index (χ0n) is 12.1. The van der Waals surface area contributed by atoms with Gasteiger partial charge in [-0.3, -0.25) is 10.5 Å². The maximum absolute atomic E-state index is 12.3. The van der Waals surface area contributed by atoms with Crippen LogP contribution in [0.25, 0.3) is 10.2 Å². The number of hydrogen-bond donors (Lipinski definition) is 3. The summed E-state index contributed by atoms with van der Waals surface area (Å²) in [6.45, 7) is 2.21. The number of nitrogens with one attached hydrogen (secondary N) is 3. The van der Waals surface area contributed by atoms with Crippen molar-refractivity contribution in [3.63, 3.8) is 0 Å². The molecular formula is C15H20N4OS+2. The molecule has 1 unspecified atom stereocenters. The Hall–Kier alpha value is -1.66. The van der Waals surface area contributed by atoms with Gasteiger partial charge in [-0.05, 0) is 24.5 Å². The maximum atomic E-state index is 12.3. The molecule has 0 bridgehead atoms. The second-order valence-corrected chi connectivity index (χ2v) is 7.33.